The fourth-order valence-electron chi connectivity index (χ4n) is 2.50. The monoisotopic (exact) mass is 375 g/mol. The Bertz CT molecular complexity index is 766. The number of urea groups is 1. The fourth-order valence-corrected chi connectivity index (χ4v) is 2.50. The molecule has 0 aliphatic heterocycles. The SMILES string of the molecule is CCC[C@H](NC(=O)NCc1ccc(F)cc1)C(=O)NCc1ccccc1F. The summed E-state index contributed by atoms with van der Waals surface area (Å²) < 4.78 is 26.5. The number of carbonyl (C=O) groups excluding carboxylic acids is 2. The lowest BCUT2D eigenvalue weighted by molar-refractivity contribution is -0.123. The molecule has 0 fully saturated rings. The van der Waals surface area contributed by atoms with Gasteiger partial charge in [0, 0.05) is 18.7 Å². The third kappa shape index (κ3) is 6.69. The molecule has 144 valence electrons. The van der Waals surface area contributed by atoms with Crippen molar-refractivity contribution in [3.63, 3.8) is 0 Å². The van der Waals surface area contributed by atoms with Gasteiger partial charge in [-0.1, -0.05) is 43.7 Å². The number of rotatable bonds is 8. The third-order valence-corrected chi connectivity index (χ3v) is 3.98. The molecule has 0 radical (unpaired) electrons. The van der Waals surface area contributed by atoms with E-state index in [4.69, 9.17) is 0 Å². The zero-order valence-corrected chi connectivity index (χ0v) is 15.1. The Hall–Kier alpha value is -2.96. The minimum Gasteiger partial charge on any atom is -0.350 e. The minimum atomic E-state index is -0.727. The first-order valence-corrected chi connectivity index (χ1v) is 8.79. The minimum absolute atomic E-state index is 0.0462. The van der Waals surface area contributed by atoms with Gasteiger partial charge < -0.3 is 16.0 Å². The molecule has 3 N–H and O–H groups in total. The van der Waals surface area contributed by atoms with E-state index in [1.54, 1.807) is 30.3 Å². The van der Waals surface area contributed by atoms with Gasteiger partial charge in [-0.25, -0.2) is 13.6 Å². The summed E-state index contributed by atoms with van der Waals surface area (Å²) in [5.41, 5.74) is 1.12. The number of nitrogens with one attached hydrogen (secondary N) is 3. The Morgan fingerprint density at radius 3 is 2.33 bits per heavy atom. The lowest BCUT2D eigenvalue weighted by Crippen LogP contribution is -2.49. The number of amides is 3. The molecular formula is C20H23F2N3O2. The second-order valence-corrected chi connectivity index (χ2v) is 6.10. The summed E-state index contributed by atoms with van der Waals surface area (Å²) in [5.74, 6) is -1.12. The van der Waals surface area contributed by atoms with E-state index in [9.17, 15) is 18.4 Å². The van der Waals surface area contributed by atoms with Gasteiger partial charge in [0.25, 0.3) is 0 Å². The van der Waals surface area contributed by atoms with Crippen LogP contribution in [-0.4, -0.2) is 18.0 Å². The van der Waals surface area contributed by atoms with Crippen molar-refractivity contribution in [2.45, 2.75) is 38.9 Å². The molecule has 2 aromatic rings. The van der Waals surface area contributed by atoms with Gasteiger partial charge in [-0.15, -0.1) is 0 Å². The van der Waals surface area contributed by atoms with E-state index in [1.807, 2.05) is 6.92 Å². The first-order valence-electron chi connectivity index (χ1n) is 8.79. The zero-order valence-electron chi connectivity index (χ0n) is 15.1. The highest BCUT2D eigenvalue weighted by Gasteiger charge is 2.19. The Labute approximate surface area is 157 Å². The van der Waals surface area contributed by atoms with Crippen LogP contribution >= 0.6 is 0 Å². The largest absolute Gasteiger partial charge is 0.350 e. The lowest BCUT2D eigenvalue weighted by atomic mass is 10.1. The Kier molecular flexibility index (Phi) is 7.73. The highest BCUT2D eigenvalue weighted by molar-refractivity contribution is 5.86. The summed E-state index contributed by atoms with van der Waals surface area (Å²) in [4.78, 5) is 24.4. The van der Waals surface area contributed by atoms with Crippen molar-refractivity contribution < 1.29 is 18.4 Å². The molecule has 0 spiro atoms. The first kappa shape index (κ1) is 20.4. The molecule has 2 aromatic carbocycles. The summed E-state index contributed by atoms with van der Waals surface area (Å²) in [6.45, 7) is 2.15. The van der Waals surface area contributed by atoms with E-state index in [0.29, 0.717) is 18.4 Å². The molecule has 0 saturated carbocycles. The van der Waals surface area contributed by atoms with E-state index >= 15 is 0 Å². The van der Waals surface area contributed by atoms with Gasteiger partial charge in [0.05, 0.1) is 0 Å². The molecule has 3 amide bonds. The first-order chi connectivity index (χ1) is 13.0. The van der Waals surface area contributed by atoms with E-state index in [1.165, 1.54) is 18.2 Å². The van der Waals surface area contributed by atoms with Crippen molar-refractivity contribution in [2.75, 3.05) is 0 Å². The fraction of sp³-hybridized carbons (Fsp3) is 0.300. The van der Waals surface area contributed by atoms with Crippen LogP contribution in [0.1, 0.15) is 30.9 Å². The van der Waals surface area contributed by atoms with Gasteiger partial charge in [0.15, 0.2) is 0 Å². The van der Waals surface area contributed by atoms with Crippen LogP contribution in [0.15, 0.2) is 48.5 Å². The summed E-state index contributed by atoms with van der Waals surface area (Å²) in [5, 5.41) is 7.90. The predicted molar refractivity (Wildman–Crippen MR) is 98.7 cm³/mol. The van der Waals surface area contributed by atoms with E-state index in [-0.39, 0.29) is 24.8 Å². The second kappa shape index (κ2) is 10.3. The summed E-state index contributed by atoms with van der Waals surface area (Å²) in [6.07, 6.45) is 1.14. The molecule has 0 aromatic heterocycles. The zero-order chi connectivity index (χ0) is 19.6. The summed E-state index contributed by atoms with van der Waals surface area (Å²) in [6, 6.07) is 10.7. The Morgan fingerprint density at radius 1 is 0.963 bits per heavy atom. The summed E-state index contributed by atoms with van der Waals surface area (Å²) in [7, 11) is 0. The van der Waals surface area contributed by atoms with Crippen LogP contribution in [0.5, 0.6) is 0 Å². The van der Waals surface area contributed by atoms with Crippen molar-refractivity contribution in [1.29, 1.82) is 0 Å². The van der Waals surface area contributed by atoms with Crippen LogP contribution in [0.25, 0.3) is 0 Å². The lowest BCUT2D eigenvalue weighted by Gasteiger charge is -2.18. The van der Waals surface area contributed by atoms with Gasteiger partial charge in [-0.05, 0) is 30.2 Å². The van der Waals surface area contributed by atoms with Crippen LogP contribution < -0.4 is 16.0 Å². The molecule has 0 aliphatic carbocycles. The standard InChI is InChI=1S/C20H23F2N3O2/c1-2-5-18(19(26)23-13-15-6-3-4-7-17(15)22)25-20(27)24-12-14-8-10-16(21)11-9-14/h3-4,6-11,18H,2,5,12-13H2,1H3,(H,23,26)(H2,24,25,27)/t18-/m0/s1. The molecule has 0 heterocycles. The molecule has 0 bridgehead atoms. The topological polar surface area (TPSA) is 70.2 Å². The maximum absolute atomic E-state index is 13.6. The highest BCUT2D eigenvalue weighted by atomic mass is 19.1. The number of halogens is 2. The molecule has 1 atom stereocenters. The van der Waals surface area contributed by atoms with Crippen molar-refractivity contribution in [3.05, 3.63) is 71.3 Å². The Morgan fingerprint density at radius 2 is 1.67 bits per heavy atom. The predicted octanol–water partition coefficient (Wildman–Crippen LogP) is 3.25. The van der Waals surface area contributed by atoms with Crippen molar-refractivity contribution in [3.8, 4) is 0 Å². The second-order valence-electron chi connectivity index (χ2n) is 6.10. The van der Waals surface area contributed by atoms with E-state index in [2.05, 4.69) is 16.0 Å². The maximum Gasteiger partial charge on any atom is 0.315 e. The molecule has 0 saturated heterocycles. The van der Waals surface area contributed by atoms with Gasteiger partial charge in [-0.2, -0.15) is 0 Å². The molecule has 2 rings (SSSR count). The molecular weight excluding hydrogens is 352 g/mol. The Balaban J connectivity index is 1.85. The highest BCUT2D eigenvalue weighted by Crippen LogP contribution is 2.06. The van der Waals surface area contributed by atoms with Crippen LogP contribution in [0.2, 0.25) is 0 Å². The number of benzene rings is 2. The van der Waals surface area contributed by atoms with Crippen molar-refractivity contribution in [2.24, 2.45) is 0 Å². The normalized spacial score (nSPS) is 11.5. The maximum atomic E-state index is 13.6. The number of hydrogen-bond donors (Lipinski definition) is 3. The quantitative estimate of drug-likeness (QED) is 0.663. The van der Waals surface area contributed by atoms with Gasteiger partial charge >= 0.3 is 6.03 Å². The number of carbonyl (C=O) groups is 2. The van der Waals surface area contributed by atoms with Crippen LogP contribution in [-0.2, 0) is 17.9 Å². The summed E-state index contributed by atoms with van der Waals surface area (Å²) >= 11 is 0. The van der Waals surface area contributed by atoms with Crippen molar-refractivity contribution >= 4 is 11.9 Å². The third-order valence-electron chi connectivity index (χ3n) is 3.98. The molecule has 0 aliphatic rings. The van der Waals surface area contributed by atoms with E-state index < -0.39 is 17.9 Å². The molecule has 27 heavy (non-hydrogen) atoms. The van der Waals surface area contributed by atoms with E-state index in [0.717, 1.165) is 5.56 Å². The van der Waals surface area contributed by atoms with Crippen LogP contribution in [0.4, 0.5) is 13.6 Å². The smallest absolute Gasteiger partial charge is 0.315 e. The van der Waals surface area contributed by atoms with Crippen LogP contribution in [0.3, 0.4) is 0 Å². The average Bonchev–Trinajstić information content (AvgIpc) is 2.66. The number of hydrogen-bond acceptors (Lipinski definition) is 2. The molecule has 0 unspecified atom stereocenters. The molecule has 5 nitrogen and oxygen atoms in total. The van der Waals surface area contributed by atoms with Gasteiger partial charge in [-0.3, -0.25) is 4.79 Å². The molecule has 7 heteroatoms. The van der Waals surface area contributed by atoms with Gasteiger partial charge in [0.1, 0.15) is 17.7 Å². The van der Waals surface area contributed by atoms with Crippen LogP contribution in [0, 0.1) is 11.6 Å². The van der Waals surface area contributed by atoms with Gasteiger partial charge in [0.2, 0.25) is 5.91 Å². The average molecular weight is 375 g/mol. The van der Waals surface area contributed by atoms with Crippen molar-refractivity contribution in [1.82, 2.24) is 16.0 Å².